The van der Waals surface area contributed by atoms with Gasteiger partial charge in [0.15, 0.2) is 5.17 Å². The molecule has 2 N–H and O–H groups in total. The number of aromatic nitrogens is 1. The van der Waals surface area contributed by atoms with Crippen molar-refractivity contribution in [2.45, 2.75) is 0 Å². The third-order valence-corrected chi connectivity index (χ3v) is 3.62. The second kappa shape index (κ2) is 5.80. The molecule has 0 aliphatic carbocycles. The molecule has 1 aliphatic rings. The number of hydrogen-bond donors (Lipinski definition) is 2. The zero-order valence-corrected chi connectivity index (χ0v) is 11.7. The first-order chi connectivity index (χ1) is 10.2. The number of phenolic OH excluding ortho intramolecular Hbond substituents is 1. The highest BCUT2D eigenvalue weighted by Crippen LogP contribution is 2.28. The first kappa shape index (κ1) is 13.4. The van der Waals surface area contributed by atoms with Crippen LogP contribution >= 0.6 is 11.8 Å². The zero-order chi connectivity index (χ0) is 14.7. The number of carbonyl (C=O) groups is 1. The highest BCUT2D eigenvalue weighted by molar-refractivity contribution is 8.18. The fourth-order valence-corrected chi connectivity index (χ4v) is 2.58. The van der Waals surface area contributed by atoms with Gasteiger partial charge in [0.25, 0.3) is 5.91 Å². The molecule has 2 heterocycles. The van der Waals surface area contributed by atoms with Crippen LogP contribution in [0.2, 0.25) is 0 Å². The SMILES string of the molecule is O=C1NC(=Nc2ccc(O)cc2)S/C1=C\c1cccnc1. The molecule has 1 aromatic carbocycles. The quantitative estimate of drug-likeness (QED) is 0.836. The third-order valence-electron chi connectivity index (χ3n) is 2.71. The molecule has 21 heavy (non-hydrogen) atoms. The van der Waals surface area contributed by atoms with Gasteiger partial charge in [-0.3, -0.25) is 9.78 Å². The van der Waals surface area contributed by atoms with E-state index in [1.807, 2.05) is 12.1 Å². The van der Waals surface area contributed by atoms with Crippen molar-refractivity contribution in [3.63, 3.8) is 0 Å². The van der Waals surface area contributed by atoms with E-state index >= 15 is 0 Å². The standard InChI is InChI=1S/C15H11N3O2S/c19-12-5-3-11(4-6-12)17-15-18-14(20)13(21-15)8-10-2-1-7-16-9-10/h1-9,19H,(H,17,18,20)/b13-8-. The minimum atomic E-state index is -0.179. The number of aromatic hydroxyl groups is 1. The summed E-state index contributed by atoms with van der Waals surface area (Å²) in [6.07, 6.45) is 5.14. The lowest BCUT2D eigenvalue weighted by atomic mass is 10.2. The van der Waals surface area contributed by atoms with E-state index in [4.69, 9.17) is 0 Å². The van der Waals surface area contributed by atoms with Gasteiger partial charge in [0, 0.05) is 12.4 Å². The van der Waals surface area contributed by atoms with Crippen LogP contribution < -0.4 is 5.32 Å². The monoisotopic (exact) mass is 297 g/mol. The Kier molecular flexibility index (Phi) is 3.70. The predicted octanol–water partition coefficient (Wildman–Crippen LogP) is 2.68. The van der Waals surface area contributed by atoms with Crippen LogP contribution in [-0.2, 0) is 4.79 Å². The molecular formula is C15H11N3O2S. The molecule has 6 heteroatoms. The Morgan fingerprint density at radius 2 is 2.05 bits per heavy atom. The van der Waals surface area contributed by atoms with Gasteiger partial charge in [-0.2, -0.15) is 0 Å². The average Bonchev–Trinajstić information content (AvgIpc) is 2.82. The van der Waals surface area contributed by atoms with Crippen molar-refractivity contribution in [2.24, 2.45) is 4.99 Å². The molecule has 104 valence electrons. The van der Waals surface area contributed by atoms with Crippen molar-refractivity contribution in [2.75, 3.05) is 0 Å². The molecule has 0 unspecified atom stereocenters. The largest absolute Gasteiger partial charge is 0.508 e. The third kappa shape index (κ3) is 3.29. The van der Waals surface area contributed by atoms with Crippen LogP contribution in [0.4, 0.5) is 5.69 Å². The summed E-state index contributed by atoms with van der Waals surface area (Å²) in [5.41, 5.74) is 1.53. The molecule has 1 fully saturated rings. The highest BCUT2D eigenvalue weighted by atomic mass is 32.2. The van der Waals surface area contributed by atoms with Gasteiger partial charge < -0.3 is 10.4 Å². The normalized spacial score (nSPS) is 18.2. The van der Waals surface area contributed by atoms with E-state index in [9.17, 15) is 9.90 Å². The number of hydrogen-bond acceptors (Lipinski definition) is 5. The number of phenols is 1. The topological polar surface area (TPSA) is 74.6 Å². The number of nitrogens with one attached hydrogen (secondary N) is 1. The summed E-state index contributed by atoms with van der Waals surface area (Å²) in [5, 5.41) is 12.5. The van der Waals surface area contributed by atoms with Crippen molar-refractivity contribution in [3.8, 4) is 5.75 Å². The maximum Gasteiger partial charge on any atom is 0.264 e. The molecule has 0 bridgehead atoms. The van der Waals surface area contributed by atoms with Crippen LogP contribution in [0.1, 0.15) is 5.56 Å². The maximum atomic E-state index is 11.9. The van der Waals surface area contributed by atoms with E-state index in [1.54, 1.807) is 42.7 Å². The fourth-order valence-electron chi connectivity index (χ4n) is 1.74. The summed E-state index contributed by atoms with van der Waals surface area (Å²) >= 11 is 1.27. The smallest absolute Gasteiger partial charge is 0.264 e. The number of benzene rings is 1. The number of carbonyl (C=O) groups excluding carboxylic acids is 1. The van der Waals surface area contributed by atoms with E-state index in [-0.39, 0.29) is 11.7 Å². The van der Waals surface area contributed by atoms with Gasteiger partial charge in [-0.25, -0.2) is 4.99 Å². The van der Waals surface area contributed by atoms with E-state index in [2.05, 4.69) is 15.3 Å². The number of amides is 1. The molecule has 1 aromatic heterocycles. The summed E-state index contributed by atoms with van der Waals surface area (Å²) in [7, 11) is 0. The number of rotatable bonds is 2. The molecule has 0 spiro atoms. The molecule has 5 nitrogen and oxygen atoms in total. The minimum absolute atomic E-state index is 0.179. The molecular weight excluding hydrogens is 286 g/mol. The van der Waals surface area contributed by atoms with Crippen LogP contribution in [0.5, 0.6) is 5.75 Å². The van der Waals surface area contributed by atoms with Crippen LogP contribution in [0.15, 0.2) is 58.7 Å². The molecule has 1 amide bonds. The number of aliphatic imine (C=N–C) groups is 1. The van der Waals surface area contributed by atoms with Gasteiger partial charge >= 0.3 is 0 Å². The summed E-state index contributed by atoms with van der Waals surface area (Å²) in [6.45, 7) is 0. The molecule has 3 rings (SSSR count). The molecule has 0 atom stereocenters. The average molecular weight is 297 g/mol. The Morgan fingerprint density at radius 1 is 1.24 bits per heavy atom. The predicted molar refractivity (Wildman–Crippen MR) is 83.1 cm³/mol. The van der Waals surface area contributed by atoms with Crippen molar-refractivity contribution in [1.29, 1.82) is 0 Å². The van der Waals surface area contributed by atoms with E-state index in [0.29, 0.717) is 15.8 Å². The summed E-state index contributed by atoms with van der Waals surface area (Å²) in [6, 6.07) is 10.1. The van der Waals surface area contributed by atoms with Gasteiger partial charge in [-0.1, -0.05) is 6.07 Å². The number of thioether (sulfide) groups is 1. The van der Waals surface area contributed by atoms with Crippen molar-refractivity contribution in [3.05, 3.63) is 59.3 Å². The van der Waals surface area contributed by atoms with E-state index in [0.717, 1.165) is 5.56 Å². The molecule has 1 aliphatic heterocycles. The van der Waals surface area contributed by atoms with Gasteiger partial charge in [0.2, 0.25) is 0 Å². The summed E-state index contributed by atoms with van der Waals surface area (Å²) < 4.78 is 0. The molecule has 1 saturated heterocycles. The number of nitrogens with zero attached hydrogens (tertiary/aromatic N) is 2. The molecule has 2 aromatic rings. The Morgan fingerprint density at radius 3 is 2.76 bits per heavy atom. The Bertz CT molecular complexity index is 724. The molecule has 0 radical (unpaired) electrons. The van der Waals surface area contributed by atoms with Crippen molar-refractivity contribution >= 4 is 34.6 Å². The maximum absolute atomic E-state index is 11.9. The Balaban J connectivity index is 1.81. The molecule has 0 saturated carbocycles. The second-order valence-corrected chi connectivity index (χ2v) is 5.32. The second-order valence-electron chi connectivity index (χ2n) is 4.28. The number of pyridine rings is 1. The van der Waals surface area contributed by atoms with Gasteiger partial charge in [-0.15, -0.1) is 0 Å². The zero-order valence-electron chi connectivity index (χ0n) is 10.9. The van der Waals surface area contributed by atoms with Crippen LogP contribution in [0.25, 0.3) is 6.08 Å². The Labute approximate surface area is 125 Å². The number of amidine groups is 1. The van der Waals surface area contributed by atoms with Gasteiger partial charge in [0.05, 0.1) is 10.6 Å². The van der Waals surface area contributed by atoms with E-state index < -0.39 is 0 Å². The van der Waals surface area contributed by atoms with Crippen LogP contribution in [0, 0.1) is 0 Å². The van der Waals surface area contributed by atoms with E-state index in [1.165, 1.54) is 11.8 Å². The summed E-state index contributed by atoms with van der Waals surface area (Å²) in [5.74, 6) is 0.000560. The lowest BCUT2D eigenvalue weighted by molar-refractivity contribution is -0.115. The van der Waals surface area contributed by atoms with Crippen LogP contribution in [0.3, 0.4) is 0 Å². The minimum Gasteiger partial charge on any atom is -0.508 e. The summed E-state index contributed by atoms with van der Waals surface area (Å²) in [4.78, 5) is 20.8. The highest BCUT2D eigenvalue weighted by Gasteiger charge is 2.23. The first-order valence-electron chi connectivity index (χ1n) is 6.19. The lowest BCUT2D eigenvalue weighted by Crippen LogP contribution is -2.19. The van der Waals surface area contributed by atoms with Crippen LogP contribution in [-0.4, -0.2) is 21.2 Å². The Hall–Kier alpha value is -2.60. The van der Waals surface area contributed by atoms with Crippen molar-refractivity contribution in [1.82, 2.24) is 10.3 Å². The van der Waals surface area contributed by atoms with Gasteiger partial charge in [-0.05, 0) is 53.7 Å². The fraction of sp³-hybridized carbons (Fsp3) is 0. The first-order valence-corrected chi connectivity index (χ1v) is 7.01. The lowest BCUT2D eigenvalue weighted by Gasteiger charge is -1.96. The van der Waals surface area contributed by atoms with Crippen molar-refractivity contribution < 1.29 is 9.90 Å². The van der Waals surface area contributed by atoms with Gasteiger partial charge in [0.1, 0.15) is 5.75 Å².